The van der Waals surface area contributed by atoms with Crippen molar-refractivity contribution >= 4 is 17.1 Å². The van der Waals surface area contributed by atoms with E-state index in [0.29, 0.717) is 18.0 Å². The Morgan fingerprint density at radius 2 is 1.68 bits per heavy atom. The van der Waals surface area contributed by atoms with E-state index in [4.69, 9.17) is 15.2 Å². The number of anilines is 3. The molecule has 19 heavy (non-hydrogen) atoms. The summed E-state index contributed by atoms with van der Waals surface area (Å²) in [4.78, 5) is 0. The van der Waals surface area contributed by atoms with Gasteiger partial charge >= 0.3 is 0 Å². The van der Waals surface area contributed by atoms with Gasteiger partial charge in [-0.2, -0.15) is 0 Å². The third-order valence-electron chi connectivity index (χ3n) is 2.74. The molecule has 0 aliphatic rings. The maximum absolute atomic E-state index is 6.08. The van der Waals surface area contributed by atoms with Crippen LogP contribution in [0.25, 0.3) is 0 Å². The van der Waals surface area contributed by atoms with Crippen molar-refractivity contribution in [1.29, 1.82) is 0 Å². The Hall–Kier alpha value is -2.36. The second-order valence-electron chi connectivity index (χ2n) is 3.98. The SMILES string of the molecule is CCOc1cccc(Nc2ccccc2OC)c1N. The Morgan fingerprint density at radius 1 is 1.00 bits per heavy atom. The van der Waals surface area contributed by atoms with Gasteiger partial charge in [-0.15, -0.1) is 0 Å². The molecule has 0 bridgehead atoms. The minimum Gasteiger partial charge on any atom is -0.495 e. The molecule has 0 aliphatic heterocycles. The standard InChI is InChI=1S/C15H18N2O2/c1-3-19-14-10-6-8-12(15(14)16)17-11-7-4-5-9-13(11)18-2/h4-10,17H,3,16H2,1-2H3. The van der Waals surface area contributed by atoms with Gasteiger partial charge in [-0.3, -0.25) is 0 Å². The van der Waals surface area contributed by atoms with E-state index in [1.807, 2.05) is 49.4 Å². The summed E-state index contributed by atoms with van der Waals surface area (Å²) in [7, 11) is 1.64. The number of ether oxygens (including phenoxy) is 2. The minimum atomic E-state index is 0.586. The molecule has 0 amide bonds. The van der Waals surface area contributed by atoms with E-state index in [1.54, 1.807) is 7.11 Å². The predicted molar refractivity (Wildman–Crippen MR) is 78.3 cm³/mol. The van der Waals surface area contributed by atoms with Crippen LogP contribution in [0.2, 0.25) is 0 Å². The lowest BCUT2D eigenvalue weighted by molar-refractivity contribution is 0.342. The van der Waals surface area contributed by atoms with Gasteiger partial charge in [0, 0.05) is 0 Å². The molecule has 0 saturated carbocycles. The number of hydrogen-bond donors (Lipinski definition) is 2. The molecule has 4 nitrogen and oxygen atoms in total. The second-order valence-corrected chi connectivity index (χ2v) is 3.98. The van der Waals surface area contributed by atoms with Crippen LogP contribution in [0, 0.1) is 0 Å². The topological polar surface area (TPSA) is 56.5 Å². The van der Waals surface area contributed by atoms with Crippen LogP contribution >= 0.6 is 0 Å². The van der Waals surface area contributed by atoms with E-state index in [9.17, 15) is 0 Å². The fourth-order valence-corrected chi connectivity index (χ4v) is 1.83. The largest absolute Gasteiger partial charge is 0.495 e. The highest BCUT2D eigenvalue weighted by Crippen LogP contribution is 2.34. The first-order chi connectivity index (χ1) is 9.26. The molecule has 3 N–H and O–H groups in total. The number of methoxy groups -OCH3 is 1. The summed E-state index contributed by atoms with van der Waals surface area (Å²) in [5.41, 5.74) is 8.34. The van der Waals surface area contributed by atoms with E-state index >= 15 is 0 Å². The summed E-state index contributed by atoms with van der Waals surface area (Å²) in [5, 5.41) is 3.26. The Labute approximate surface area is 113 Å². The van der Waals surface area contributed by atoms with Crippen LogP contribution < -0.4 is 20.5 Å². The van der Waals surface area contributed by atoms with Gasteiger partial charge in [-0.25, -0.2) is 0 Å². The third kappa shape index (κ3) is 2.91. The first-order valence-corrected chi connectivity index (χ1v) is 6.17. The molecule has 2 aromatic rings. The van der Waals surface area contributed by atoms with Crippen molar-refractivity contribution in [3.63, 3.8) is 0 Å². The molecule has 0 saturated heterocycles. The maximum Gasteiger partial charge on any atom is 0.144 e. The van der Waals surface area contributed by atoms with E-state index in [2.05, 4.69) is 5.32 Å². The molecular formula is C15H18N2O2. The summed E-state index contributed by atoms with van der Waals surface area (Å²) in [5.74, 6) is 1.45. The third-order valence-corrected chi connectivity index (χ3v) is 2.74. The van der Waals surface area contributed by atoms with Gasteiger partial charge in [-0.1, -0.05) is 18.2 Å². The molecule has 0 aromatic heterocycles. The Kier molecular flexibility index (Phi) is 4.13. The molecule has 0 aliphatic carbocycles. The number of nitrogens with two attached hydrogens (primary N) is 1. The highest BCUT2D eigenvalue weighted by molar-refractivity contribution is 5.79. The number of para-hydroxylation sites is 3. The summed E-state index contributed by atoms with van der Waals surface area (Å²) in [6, 6.07) is 13.4. The molecule has 2 rings (SSSR count). The van der Waals surface area contributed by atoms with Gasteiger partial charge in [0.15, 0.2) is 0 Å². The first kappa shape index (κ1) is 13.1. The zero-order valence-electron chi connectivity index (χ0n) is 11.1. The van der Waals surface area contributed by atoms with Crippen molar-refractivity contribution in [3.8, 4) is 11.5 Å². The highest BCUT2D eigenvalue weighted by Gasteiger charge is 2.08. The zero-order valence-corrected chi connectivity index (χ0v) is 11.1. The van der Waals surface area contributed by atoms with Gasteiger partial charge in [0.1, 0.15) is 11.5 Å². The molecule has 0 radical (unpaired) electrons. The van der Waals surface area contributed by atoms with Crippen LogP contribution in [-0.4, -0.2) is 13.7 Å². The zero-order chi connectivity index (χ0) is 13.7. The Morgan fingerprint density at radius 3 is 2.42 bits per heavy atom. The van der Waals surface area contributed by atoms with Crippen LogP contribution in [0.1, 0.15) is 6.92 Å². The smallest absolute Gasteiger partial charge is 0.144 e. The van der Waals surface area contributed by atoms with Crippen molar-refractivity contribution in [1.82, 2.24) is 0 Å². The van der Waals surface area contributed by atoms with Crippen molar-refractivity contribution in [2.24, 2.45) is 0 Å². The molecule has 4 heteroatoms. The van der Waals surface area contributed by atoms with Crippen LogP contribution in [0.3, 0.4) is 0 Å². The van der Waals surface area contributed by atoms with Crippen molar-refractivity contribution in [2.45, 2.75) is 6.92 Å². The molecule has 2 aromatic carbocycles. The Balaban J connectivity index is 2.30. The average Bonchev–Trinajstić information content (AvgIpc) is 2.44. The monoisotopic (exact) mass is 258 g/mol. The maximum atomic E-state index is 6.08. The summed E-state index contributed by atoms with van der Waals surface area (Å²) < 4.78 is 10.8. The second kappa shape index (κ2) is 6.00. The molecule has 0 spiro atoms. The van der Waals surface area contributed by atoms with Crippen molar-refractivity contribution in [3.05, 3.63) is 42.5 Å². The normalized spacial score (nSPS) is 10.0. The van der Waals surface area contributed by atoms with E-state index < -0.39 is 0 Å². The number of rotatable bonds is 5. The lowest BCUT2D eigenvalue weighted by Crippen LogP contribution is -2.01. The van der Waals surface area contributed by atoms with Crippen LogP contribution in [-0.2, 0) is 0 Å². The van der Waals surface area contributed by atoms with Crippen molar-refractivity contribution in [2.75, 3.05) is 24.8 Å². The number of hydrogen-bond acceptors (Lipinski definition) is 4. The summed E-state index contributed by atoms with van der Waals surface area (Å²) in [6.45, 7) is 2.52. The molecule has 0 atom stereocenters. The van der Waals surface area contributed by atoms with Crippen molar-refractivity contribution < 1.29 is 9.47 Å². The van der Waals surface area contributed by atoms with Crippen LogP contribution in [0.15, 0.2) is 42.5 Å². The molecular weight excluding hydrogens is 240 g/mol. The molecule has 0 fully saturated rings. The van der Waals surface area contributed by atoms with Gasteiger partial charge in [0.2, 0.25) is 0 Å². The van der Waals surface area contributed by atoms with E-state index in [-0.39, 0.29) is 0 Å². The van der Waals surface area contributed by atoms with E-state index in [0.717, 1.165) is 17.1 Å². The van der Waals surface area contributed by atoms with Crippen LogP contribution in [0.4, 0.5) is 17.1 Å². The van der Waals surface area contributed by atoms with Gasteiger partial charge in [0.05, 0.1) is 30.8 Å². The van der Waals surface area contributed by atoms with Gasteiger partial charge in [0.25, 0.3) is 0 Å². The number of nitrogen functional groups attached to an aromatic ring is 1. The highest BCUT2D eigenvalue weighted by atomic mass is 16.5. The molecule has 0 heterocycles. The minimum absolute atomic E-state index is 0.586. The predicted octanol–water partition coefficient (Wildman–Crippen LogP) is 3.42. The summed E-state index contributed by atoms with van der Waals surface area (Å²) >= 11 is 0. The van der Waals surface area contributed by atoms with Gasteiger partial charge in [-0.05, 0) is 31.2 Å². The molecule has 0 unspecified atom stereocenters. The fraction of sp³-hybridized carbons (Fsp3) is 0.200. The fourth-order valence-electron chi connectivity index (χ4n) is 1.83. The van der Waals surface area contributed by atoms with Gasteiger partial charge < -0.3 is 20.5 Å². The van der Waals surface area contributed by atoms with E-state index in [1.165, 1.54) is 0 Å². The first-order valence-electron chi connectivity index (χ1n) is 6.17. The Bertz CT molecular complexity index is 556. The lowest BCUT2D eigenvalue weighted by Gasteiger charge is -2.15. The average molecular weight is 258 g/mol. The quantitative estimate of drug-likeness (QED) is 0.807. The lowest BCUT2D eigenvalue weighted by atomic mass is 10.2. The summed E-state index contributed by atoms with van der Waals surface area (Å²) in [6.07, 6.45) is 0. The molecule has 100 valence electrons. The number of nitrogens with one attached hydrogen (secondary N) is 1. The van der Waals surface area contributed by atoms with Crippen LogP contribution in [0.5, 0.6) is 11.5 Å². The number of benzene rings is 2.